The second-order valence-electron chi connectivity index (χ2n) is 3.59. The highest BCUT2D eigenvalue weighted by Crippen LogP contribution is 2.21. The maximum absolute atomic E-state index is 13.4. The van der Waals surface area contributed by atoms with Gasteiger partial charge in [-0.25, -0.2) is 13.2 Å². The first kappa shape index (κ1) is 12.2. The molecular weight excluding hydrogens is 245 g/mol. The number of rotatable bonds is 2. The summed E-state index contributed by atoms with van der Waals surface area (Å²) in [5.41, 5.74) is -0.989. The molecule has 0 radical (unpaired) electrons. The average Bonchev–Trinajstić information content (AvgIpc) is 2.32. The van der Waals surface area contributed by atoms with Crippen LogP contribution in [-0.4, -0.2) is 10.9 Å². The van der Waals surface area contributed by atoms with Gasteiger partial charge in [-0.15, -0.1) is 0 Å². The third-order valence-corrected chi connectivity index (χ3v) is 2.40. The second-order valence-corrected chi connectivity index (χ2v) is 3.59. The molecule has 0 heterocycles. The molecule has 2 rings (SSSR count). The van der Waals surface area contributed by atoms with Crippen LogP contribution in [0.25, 0.3) is 0 Å². The third-order valence-electron chi connectivity index (χ3n) is 2.40. The van der Waals surface area contributed by atoms with E-state index in [9.17, 15) is 18.0 Å². The molecule has 2 aromatic carbocycles. The second kappa shape index (κ2) is 4.52. The molecule has 0 unspecified atom stereocenters. The Morgan fingerprint density at radius 2 is 1.56 bits per heavy atom. The van der Waals surface area contributed by atoms with E-state index in [-0.39, 0.29) is 5.56 Å². The summed E-state index contributed by atoms with van der Waals surface area (Å²) in [7, 11) is 0. The minimum Gasteiger partial charge on any atom is -0.505 e. The smallest absolute Gasteiger partial charge is 0.199 e. The fraction of sp³-hybridized carbons (Fsp3) is 0. The number of carbonyl (C=O) groups is 1. The Bertz CT molecular complexity index is 603. The SMILES string of the molecule is O=C(c1ccc(O)c(F)c1)c1c(F)cccc1F. The van der Waals surface area contributed by atoms with E-state index in [1.807, 2.05) is 0 Å². The van der Waals surface area contributed by atoms with Gasteiger partial charge in [0.25, 0.3) is 0 Å². The molecule has 0 amide bonds. The van der Waals surface area contributed by atoms with Crippen LogP contribution < -0.4 is 0 Å². The molecule has 0 saturated carbocycles. The zero-order chi connectivity index (χ0) is 13.3. The summed E-state index contributed by atoms with van der Waals surface area (Å²) in [6.07, 6.45) is 0. The molecule has 92 valence electrons. The number of aromatic hydroxyl groups is 1. The molecule has 2 aromatic rings. The van der Waals surface area contributed by atoms with Crippen molar-refractivity contribution in [3.63, 3.8) is 0 Å². The van der Waals surface area contributed by atoms with E-state index < -0.39 is 34.5 Å². The minimum atomic E-state index is -1.03. The third kappa shape index (κ3) is 2.07. The average molecular weight is 252 g/mol. The van der Waals surface area contributed by atoms with Crippen molar-refractivity contribution in [2.75, 3.05) is 0 Å². The zero-order valence-corrected chi connectivity index (χ0v) is 8.95. The van der Waals surface area contributed by atoms with Crippen molar-refractivity contribution < 1.29 is 23.1 Å². The van der Waals surface area contributed by atoms with E-state index in [1.165, 1.54) is 0 Å². The maximum Gasteiger partial charge on any atom is 0.199 e. The topological polar surface area (TPSA) is 37.3 Å². The zero-order valence-electron chi connectivity index (χ0n) is 8.95. The lowest BCUT2D eigenvalue weighted by molar-refractivity contribution is 0.103. The van der Waals surface area contributed by atoms with E-state index >= 15 is 0 Å². The molecule has 0 aliphatic heterocycles. The van der Waals surface area contributed by atoms with E-state index in [0.29, 0.717) is 0 Å². The van der Waals surface area contributed by atoms with Gasteiger partial charge in [0.05, 0.1) is 5.56 Å². The molecule has 2 nitrogen and oxygen atoms in total. The number of halogens is 3. The lowest BCUT2D eigenvalue weighted by Gasteiger charge is -2.04. The van der Waals surface area contributed by atoms with Gasteiger partial charge in [0.15, 0.2) is 17.3 Å². The van der Waals surface area contributed by atoms with Crippen LogP contribution in [0.15, 0.2) is 36.4 Å². The van der Waals surface area contributed by atoms with Gasteiger partial charge in [-0.1, -0.05) is 6.07 Å². The molecule has 5 heteroatoms. The molecule has 0 fully saturated rings. The van der Waals surface area contributed by atoms with E-state index in [0.717, 1.165) is 36.4 Å². The number of phenols is 1. The Labute approximate surface area is 100 Å². The lowest BCUT2D eigenvalue weighted by atomic mass is 10.0. The monoisotopic (exact) mass is 252 g/mol. The van der Waals surface area contributed by atoms with Crippen LogP contribution in [0.2, 0.25) is 0 Å². The molecule has 0 atom stereocenters. The van der Waals surface area contributed by atoms with Crippen molar-refractivity contribution in [2.24, 2.45) is 0 Å². The van der Waals surface area contributed by atoms with Crippen molar-refractivity contribution in [1.82, 2.24) is 0 Å². The number of phenolic OH excluding ortho intramolecular Hbond substituents is 1. The van der Waals surface area contributed by atoms with Gasteiger partial charge in [0, 0.05) is 5.56 Å². The van der Waals surface area contributed by atoms with Gasteiger partial charge in [0.2, 0.25) is 0 Å². The first-order valence-corrected chi connectivity index (χ1v) is 4.98. The maximum atomic E-state index is 13.4. The Hall–Kier alpha value is -2.30. The molecule has 0 saturated heterocycles. The highest BCUT2D eigenvalue weighted by molar-refractivity contribution is 6.09. The van der Waals surface area contributed by atoms with E-state index in [1.54, 1.807) is 0 Å². The van der Waals surface area contributed by atoms with Crippen molar-refractivity contribution in [1.29, 1.82) is 0 Å². The molecule has 0 aromatic heterocycles. The van der Waals surface area contributed by atoms with Gasteiger partial charge in [-0.2, -0.15) is 0 Å². The van der Waals surface area contributed by atoms with Crippen LogP contribution in [-0.2, 0) is 0 Å². The van der Waals surface area contributed by atoms with Crippen LogP contribution in [0, 0.1) is 17.5 Å². The van der Waals surface area contributed by atoms with Gasteiger partial charge < -0.3 is 5.11 Å². The van der Waals surface area contributed by atoms with Crippen LogP contribution in [0.3, 0.4) is 0 Å². The summed E-state index contributed by atoms with van der Waals surface area (Å²) in [5.74, 6) is -4.69. The number of benzene rings is 2. The summed E-state index contributed by atoms with van der Waals surface area (Å²) >= 11 is 0. The minimum absolute atomic E-state index is 0.241. The summed E-state index contributed by atoms with van der Waals surface area (Å²) in [6.45, 7) is 0. The standard InChI is InChI=1S/C13H7F3O2/c14-8-2-1-3-9(15)12(8)13(18)7-4-5-11(17)10(16)6-7/h1-6,17H. The Morgan fingerprint density at radius 1 is 0.944 bits per heavy atom. The summed E-state index contributed by atoms with van der Waals surface area (Å²) in [5, 5.41) is 8.97. The number of hydrogen-bond donors (Lipinski definition) is 1. The Morgan fingerprint density at radius 3 is 2.11 bits per heavy atom. The normalized spacial score (nSPS) is 10.4. The van der Waals surface area contributed by atoms with Gasteiger partial charge >= 0.3 is 0 Å². The quantitative estimate of drug-likeness (QED) is 0.834. The molecule has 0 aliphatic rings. The fourth-order valence-electron chi connectivity index (χ4n) is 1.51. The van der Waals surface area contributed by atoms with Crippen LogP contribution in [0.4, 0.5) is 13.2 Å². The summed E-state index contributed by atoms with van der Waals surface area (Å²) in [6, 6.07) is 5.76. The molecule has 0 aliphatic carbocycles. The predicted octanol–water partition coefficient (Wildman–Crippen LogP) is 3.04. The number of carbonyl (C=O) groups excluding carboxylic acids is 1. The highest BCUT2D eigenvalue weighted by Gasteiger charge is 2.19. The molecule has 1 N–H and O–H groups in total. The highest BCUT2D eigenvalue weighted by atomic mass is 19.1. The molecule has 0 bridgehead atoms. The van der Waals surface area contributed by atoms with Crippen molar-refractivity contribution in [3.05, 3.63) is 65.0 Å². The van der Waals surface area contributed by atoms with Crippen molar-refractivity contribution >= 4 is 5.78 Å². The molecule has 0 spiro atoms. The number of ketones is 1. The summed E-state index contributed by atoms with van der Waals surface area (Å²) in [4.78, 5) is 11.8. The predicted molar refractivity (Wildman–Crippen MR) is 57.9 cm³/mol. The molecule has 18 heavy (non-hydrogen) atoms. The first-order valence-electron chi connectivity index (χ1n) is 4.98. The van der Waals surface area contributed by atoms with Crippen molar-refractivity contribution in [2.45, 2.75) is 0 Å². The Balaban J connectivity index is 2.51. The largest absolute Gasteiger partial charge is 0.505 e. The van der Waals surface area contributed by atoms with Gasteiger partial charge in [-0.3, -0.25) is 4.79 Å². The van der Waals surface area contributed by atoms with Gasteiger partial charge in [-0.05, 0) is 30.3 Å². The van der Waals surface area contributed by atoms with Crippen molar-refractivity contribution in [3.8, 4) is 5.75 Å². The summed E-state index contributed by atoms with van der Waals surface area (Å²) < 4.78 is 39.8. The molecular formula is C13H7F3O2. The van der Waals surface area contributed by atoms with Crippen LogP contribution in [0.5, 0.6) is 5.75 Å². The first-order chi connectivity index (χ1) is 8.50. The lowest BCUT2D eigenvalue weighted by Crippen LogP contribution is -2.07. The fourth-order valence-corrected chi connectivity index (χ4v) is 1.51. The Kier molecular flexibility index (Phi) is 3.06. The van der Waals surface area contributed by atoms with Gasteiger partial charge in [0.1, 0.15) is 11.6 Å². The van der Waals surface area contributed by atoms with Crippen LogP contribution >= 0.6 is 0 Å². The van der Waals surface area contributed by atoms with Crippen LogP contribution in [0.1, 0.15) is 15.9 Å². The van der Waals surface area contributed by atoms with E-state index in [2.05, 4.69) is 0 Å². The number of hydrogen-bond acceptors (Lipinski definition) is 2. The van der Waals surface area contributed by atoms with E-state index in [4.69, 9.17) is 5.11 Å².